The molecule has 112 valence electrons. The number of nitrogens with zero attached hydrogens (tertiary/aromatic N) is 3. The molecule has 1 aliphatic rings. The van der Waals surface area contributed by atoms with Gasteiger partial charge in [-0.25, -0.2) is 9.97 Å². The van der Waals surface area contributed by atoms with E-state index in [1.165, 1.54) is 25.7 Å². The van der Waals surface area contributed by atoms with Crippen molar-refractivity contribution in [2.45, 2.75) is 44.7 Å². The number of rotatable bonds is 5. The Morgan fingerprint density at radius 3 is 2.40 bits per heavy atom. The minimum absolute atomic E-state index is 0.553. The molecular weight excluding hydrogens is 268 g/mol. The minimum Gasteiger partial charge on any atom is -0.373 e. The topological polar surface area (TPSA) is 41.0 Å². The lowest BCUT2D eigenvalue weighted by molar-refractivity contribution is 0.199. The first-order valence-electron chi connectivity index (χ1n) is 7.52. The van der Waals surface area contributed by atoms with Crippen molar-refractivity contribution in [1.82, 2.24) is 9.97 Å². The molecule has 0 amide bonds. The molecule has 0 radical (unpaired) electrons. The van der Waals surface area contributed by atoms with Crippen LogP contribution in [-0.2, 0) is 0 Å². The first-order valence-corrected chi connectivity index (χ1v) is 8.74. The van der Waals surface area contributed by atoms with Gasteiger partial charge in [-0.15, -0.1) is 0 Å². The third-order valence-corrected chi connectivity index (χ3v) is 5.33. The Labute approximate surface area is 126 Å². The van der Waals surface area contributed by atoms with Crippen molar-refractivity contribution >= 4 is 23.4 Å². The van der Waals surface area contributed by atoms with Gasteiger partial charge in [0.25, 0.3) is 0 Å². The molecule has 2 rings (SSSR count). The number of thioether (sulfide) groups is 1. The number of piperidine rings is 1. The maximum absolute atomic E-state index is 4.66. The van der Waals surface area contributed by atoms with E-state index in [1.54, 1.807) is 11.8 Å². The fraction of sp³-hybridized carbons (Fsp3) is 0.733. The van der Waals surface area contributed by atoms with E-state index in [-0.39, 0.29) is 0 Å². The highest BCUT2D eigenvalue weighted by Crippen LogP contribution is 2.39. The summed E-state index contributed by atoms with van der Waals surface area (Å²) in [6.45, 7) is 6.87. The van der Waals surface area contributed by atoms with Crippen molar-refractivity contribution in [1.29, 1.82) is 0 Å². The summed E-state index contributed by atoms with van der Waals surface area (Å²) in [5.41, 5.74) is 0.553. The molecule has 2 heterocycles. The van der Waals surface area contributed by atoms with Gasteiger partial charge in [0, 0.05) is 26.2 Å². The normalized spacial score (nSPS) is 18.1. The van der Waals surface area contributed by atoms with Crippen LogP contribution in [0.1, 0.15) is 39.5 Å². The van der Waals surface area contributed by atoms with E-state index in [0.29, 0.717) is 5.41 Å². The number of hydrogen-bond acceptors (Lipinski definition) is 5. The molecule has 1 saturated heterocycles. The van der Waals surface area contributed by atoms with Crippen LogP contribution in [0.3, 0.4) is 0 Å². The number of anilines is 2. The van der Waals surface area contributed by atoms with Crippen LogP contribution in [0.25, 0.3) is 0 Å². The average Bonchev–Trinajstić information content (AvgIpc) is 2.54. The van der Waals surface area contributed by atoms with Gasteiger partial charge >= 0.3 is 0 Å². The number of aromatic nitrogens is 2. The zero-order valence-corrected chi connectivity index (χ0v) is 13.9. The second-order valence-corrected chi connectivity index (χ2v) is 6.32. The molecule has 0 atom stereocenters. The van der Waals surface area contributed by atoms with Crippen LogP contribution in [0.2, 0.25) is 0 Å². The Hall–Kier alpha value is -0.970. The van der Waals surface area contributed by atoms with Crippen molar-refractivity contribution in [2.24, 2.45) is 5.41 Å². The van der Waals surface area contributed by atoms with Crippen molar-refractivity contribution in [3.8, 4) is 0 Å². The number of hydrogen-bond donors (Lipinski definition) is 1. The SMILES string of the molecule is CCC1(CC)CCN(c2cc(NC)nc(SC)n2)CC1. The molecule has 0 aliphatic carbocycles. The molecule has 0 unspecified atom stereocenters. The predicted molar refractivity (Wildman–Crippen MR) is 87.8 cm³/mol. The summed E-state index contributed by atoms with van der Waals surface area (Å²) < 4.78 is 0. The highest BCUT2D eigenvalue weighted by molar-refractivity contribution is 7.98. The van der Waals surface area contributed by atoms with E-state index in [9.17, 15) is 0 Å². The van der Waals surface area contributed by atoms with E-state index >= 15 is 0 Å². The monoisotopic (exact) mass is 294 g/mol. The van der Waals surface area contributed by atoms with Crippen LogP contribution in [0.5, 0.6) is 0 Å². The highest BCUT2D eigenvalue weighted by Gasteiger charge is 2.31. The molecule has 0 aromatic carbocycles. The van der Waals surface area contributed by atoms with Crippen LogP contribution in [0, 0.1) is 5.41 Å². The van der Waals surface area contributed by atoms with Crippen molar-refractivity contribution in [2.75, 3.05) is 36.6 Å². The van der Waals surface area contributed by atoms with Crippen LogP contribution in [0.15, 0.2) is 11.2 Å². The summed E-state index contributed by atoms with van der Waals surface area (Å²) in [5, 5.41) is 3.97. The van der Waals surface area contributed by atoms with E-state index in [2.05, 4.69) is 40.1 Å². The van der Waals surface area contributed by atoms with Gasteiger partial charge in [0.05, 0.1) is 0 Å². The zero-order chi connectivity index (χ0) is 14.6. The third-order valence-electron chi connectivity index (χ3n) is 4.78. The van der Waals surface area contributed by atoms with E-state index < -0.39 is 0 Å². The summed E-state index contributed by atoms with van der Waals surface area (Å²) in [4.78, 5) is 11.5. The maximum Gasteiger partial charge on any atom is 0.191 e. The summed E-state index contributed by atoms with van der Waals surface area (Å²) in [7, 11) is 1.91. The Morgan fingerprint density at radius 2 is 1.90 bits per heavy atom. The third kappa shape index (κ3) is 3.19. The largest absolute Gasteiger partial charge is 0.373 e. The summed E-state index contributed by atoms with van der Waals surface area (Å²) in [5.74, 6) is 1.97. The number of nitrogens with one attached hydrogen (secondary N) is 1. The molecule has 20 heavy (non-hydrogen) atoms. The molecular formula is C15H26N4S. The van der Waals surface area contributed by atoms with Crippen molar-refractivity contribution in [3.05, 3.63) is 6.07 Å². The molecule has 5 heteroatoms. The average molecular weight is 294 g/mol. The minimum atomic E-state index is 0.553. The zero-order valence-electron chi connectivity index (χ0n) is 13.1. The van der Waals surface area contributed by atoms with Gasteiger partial charge in [-0.3, -0.25) is 0 Å². The quantitative estimate of drug-likeness (QED) is 0.663. The van der Waals surface area contributed by atoms with Gasteiger partial charge in [0.2, 0.25) is 0 Å². The molecule has 0 spiro atoms. The van der Waals surface area contributed by atoms with Gasteiger partial charge < -0.3 is 10.2 Å². The first-order chi connectivity index (χ1) is 9.66. The van der Waals surface area contributed by atoms with Crippen LogP contribution >= 0.6 is 11.8 Å². The summed E-state index contributed by atoms with van der Waals surface area (Å²) in [6.07, 6.45) is 7.15. The van der Waals surface area contributed by atoms with E-state index in [4.69, 9.17) is 0 Å². The van der Waals surface area contributed by atoms with E-state index in [0.717, 1.165) is 29.9 Å². The summed E-state index contributed by atoms with van der Waals surface area (Å²) >= 11 is 1.60. The Balaban J connectivity index is 2.14. The summed E-state index contributed by atoms with van der Waals surface area (Å²) in [6, 6.07) is 2.06. The molecule has 1 aromatic rings. The lowest BCUT2D eigenvalue weighted by Crippen LogP contribution is -2.40. The van der Waals surface area contributed by atoms with Gasteiger partial charge in [-0.2, -0.15) is 0 Å². The standard InChI is InChI=1S/C15H26N4S/c1-5-15(6-2)7-9-19(10-8-15)13-11-12(16-3)17-14(18-13)20-4/h11H,5-10H2,1-4H3,(H,16,17,18). The van der Waals surface area contributed by atoms with Gasteiger partial charge in [0.15, 0.2) is 5.16 Å². The smallest absolute Gasteiger partial charge is 0.191 e. The second kappa shape index (κ2) is 6.66. The Bertz CT molecular complexity index is 413. The molecule has 0 bridgehead atoms. The van der Waals surface area contributed by atoms with Crippen LogP contribution < -0.4 is 10.2 Å². The van der Waals surface area contributed by atoms with Gasteiger partial charge in [0.1, 0.15) is 11.6 Å². The lowest BCUT2D eigenvalue weighted by atomic mass is 9.74. The highest BCUT2D eigenvalue weighted by atomic mass is 32.2. The molecule has 4 nitrogen and oxygen atoms in total. The van der Waals surface area contributed by atoms with Crippen molar-refractivity contribution in [3.63, 3.8) is 0 Å². The lowest BCUT2D eigenvalue weighted by Gasteiger charge is -2.41. The maximum atomic E-state index is 4.66. The fourth-order valence-electron chi connectivity index (χ4n) is 2.96. The van der Waals surface area contributed by atoms with Gasteiger partial charge in [-0.1, -0.05) is 38.5 Å². The van der Waals surface area contributed by atoms with Crippen LogP contribution in [-0.4, -0.2) is 36.4 Å². The molecule has 1 fully saturated rings. The molecule has 0 saturated carbocycles. The Kier molecular flexibility index (Phi) is 5.13. The second-order valence-electron chi connectivity index (χ2n) is 5.54. The molecule has 1 aromatic heterocycles. The van der Waals surface area contributed by atoms with Crippen molar-refractivity contribution < 1.29 is 0 Å². The molecule has 1 aliphatic heterocycles. The predicted octanol–water partition coefficient (Wildman–Crippen LogP) is 3.65. The Morgan fingerprint density at radius 1 is 1.25 bits per heavy atom. The molecule has 1 N–H and O–H groups in total. The van der Waals surface area contributed by atoms with E-state index in [1.807, 2.05) is 13.3 Å². The first kappa shape index (κ1) is 15.4. The van der Waals surface area contributed by atoms with Gasteiger partial charge in [-0.05, 0) is 24.5 Å². The fourth-order valence-corrected chi connectivity index (χ4v) is 3.34. The van der Waals surface area contributed by atoms with Crippen LogP contribution in [0.4, 0.5) is 11.6 Å².